The van der Waals surface area contributed by atoms with Gasteiger partial charge >= 0.3 is 6.09 Å². The second-order valence-electron chi connectivity index (χ2n) is 17.0. The summed E-state index contributed by atoms with van der Waals surface area (Å²) in [5, 5.41) is 0. The number of rotatable bonds is 6. The fourth-order valence-corrected chi connectivity index (χ4v) is 8.90. The first-order valence-corrected chi connectivity index (χ1v) is 19.5. The Morgan fingerprint density at radius 1 is 0.464 bits per heavy atom. The van der Waals surface area contributed by atoms with Crippen LogP contribution in [-0.2, 0) is 15.6 Å². The number of carbonyl (C=O) groups is 1. The maximum Gasteiger partial charge on any atom is 0.421 e. The lowest BCUT2D eigenvalue weighted by atomic mass is 9.82. The third-order valence-electron chi connectivity index (χ3n) is 11.6. The zero-order valence-corrected chi connectivity index (χ0v) is 33.2. The summed E-state index contributed by atoms with van der Waals surface area (Å²) in [5.74, 6) is 1.34. The summed E-state index contributed by atoms with van der Waals surface area (Å²) >= 11 is 0. The van der Waals surface area contributed by atoms with E-state index in [1.165, 1.54) is 44.5 Å². The highest BCUT2D eigenvalue weighted by Gasteiger charge is 2.38. The molecule has 56 heavy (non-hydrogen) atoms. The monoisotopic (exact) mass is 733 g/mol. The van der Waals surface area contributed by atoms with E-state index in [0.29, 0.717) is 11.6 Å². The van der Waals surface area contributed by atoms with Gasteiger partial charge in [-0.15, -0.1) is 0 Å². The van der Waals surface area contributed by atoms with E-state index in [1.807, 2.05) is 69.3 Å². The minimum atomic E-state index is -0.738. The van der Waals surface area contributed by atoms with E-state index in [0.717, 1.165) is 22.7 Å². The molecular weight excluding hydrogens is 687 g/mol. The highest BCUT2D eigenvalue weighted by Crippen LogP contribution is 2.53. The van der Waals surface area contributed by atoms with Crippen LogP contribution >= 0.6 is 0 Å². The Morgan fingerprint density at radius 2 is 0.839 bits per heavy atom. The van der Waals surface area contributed by atoms with Crippen LogP contribution < -0.4 is 9.80 Å². The number of para-hydroxylation sites is 2. The molecule has 0 amide bonds. The number of anilines is 6. The molecule has 0 bridgehead atoms. The Labute approximate surface area is 330 Å². The fourth-order valence-electron chi connectivity index (χ4n) is 8.90. The zero-order valence-electron chi connectivity index (χ0n) is 33.2. The molecule has 1 aromatic heterocycles. The van der Waals surface area contributed by atoms with Crippen molar-refractivity contribution in [3.05, 3.63) is 180 Å². The van der Waals surface area contributed by atoms with E-state index in [9.17, 15) is 4.79 Å². The Bertz CT molecular complexity index is 2460. The van der Waals surface area contributed by atoms with Gasteiger partial charge in [0.05, 0.1) is 0 Å². The number of aromatic nitrogens is 1. The zero-order chi connectivity index (χ0) is 39.0. The Balaban J connectivity index is 1.27. The van der Waals surface area contributed by atoms with Crippen molar-refractivity contribution in [3.8, 4) is 22.3 Å². The number of hydrogen-bond acceptors (Lipinski definition) is 4. The van der Waals surface area contributed by atoms with E-state index in [-0.39, 0.29) is 10.8 Å². The molecule has 7 aromatic rings. The minimum absolute atomic E-state index is 0.201. The van der Waals surface area contributed by atoms with Gasteiger partial charge in [-0.3, -0.25) is 9.80 Å². The largest absolute Gasteiger partial charge is 0.443 e. The maximum absolute atomic E-state index is 14.9. The Morgan fingerprint density at radius 3 is 1.25 bits per heavy atom. The van der Waals surface area contributed by atoms with Crippen LogP contribution in [0.4, 0.5) is 39.2 Å². The van der Waals surface area contributed by atoms with Crippen LogP contribution in [0, 0.1) is 0 Å². The molecule has 2 aliphatic carbocycles. The number of fused-ring (bicyclic) bond motifs is 6. The van der Waals surface area contributed by atoms with Crippen molar-refractivity contribution in [1.29, 1.82) is 0 Å². The molecule has 0 radical (unpaired) electrons. The van der Waals surface area contributed by atoms with Crippen molar-refractivity contribution < 1.29 is 9.53 Å². The minimum Gasteiger partial charge on any atom is -0.443 e. The molecule has 0 saturated heterocycles. The number of carbonyl (C=O) groups excluding carboxylic acids is 1. The van der Waals surface area contributed by atoms with Gasteiger partial charge in [0.2, 0.25) is 0 Å². The molecule has 0 unspecified atom stereocenters. The second-order valence-corrected chi connectivity index (χ2v) is 17.0. The van der Waals surface area contributed by atoms with Crippen molar-refractivity contribution in [2.75, 3.05) is 9.80 Å². The van der Waals surface area contributed by atoms with Gasteiger partial charge < -0.3 is 4.74 Å². The smallest absolute Gasteiger partial charge is 0.421 e. The molecule has 9 rings (SSSR count). The predicted octanol–water partition coefficient (Wildman–Crippen LogP) is 13.8. The van der Waals surface area contributed by atoms with Crippen LogP contribution in [-0.4, -0.2) is 16.3 Å². The van der Waals surface area contributed by atoms with Gasteiger partial charge in [-0.1, -0.05) is 125 Å². The van der Waals surface area contributed by atoms with Gasteiger partial charge in [0.25, 0.3) is 0 Å². The lowest BCUT2D eigenvalue weighted by Gasteiger charge is -2.32. The van der Waals surface area contributed by atoms with E-state index < -0.39 is 11.7 Å². The molecule has 1 heterocycles. The first-order chi connectivity index (χ1) is 26.8. The first kappa shape index (κ1) is 35.4. The third-order valence-corrected chi connectivity index (χ3v) is 11.6. The van der Waals surface area contributed by atoms with Crippen molar-refractivity contribution in [1.82, 2.24) is 4.57 Å². The SMILES string of the molecule is CC(C)(C)OC(=O)n1c(N(c2ccccc2)c2ccc3c(c2)C(C)(C)c2ccccc2-3)ccc1N(c1ccccc1)c1ccc2c(c1)C(C)(C)c1ccccc1-2. The molecule has 0 spiro atoms. The molecule has 0 fully saturated rings. The summed E-state index contributed by atoms with van der Waals surface area (Å²) in [5.41, 5.74) is 12.8. The average molecular weight is 734 g/mol. The van der Waals surface area contributed by atoms with Gasteiger partial charge in [-0.05, 0) is 126 Å². The number of hydrogen-bond donors (Lipinski definition) is 0. The average Bonchev–Trinajstić information content (AvgIpc) is 3.79. The van der Waals surface area contributed by atoms with Crippen molar-refractivity contribution in [2.45, 2.75) is 64.9 Å². The van der Waals surface area contributed by atoms with Crippen LogP contribution in [0.5, 0.6) is 0 Å². The number of nitrogens with zero attached hydrogens (tertiary/aromatic N) is 3. The van der Waals surface area contributed by atoms with Crippen molar-refractivity contribution >= 4 is 40.5 Å². The number of ether oxygens (including phenoxy) is 1. The lowest BCUT2D eigenvalue weighted by molar-refractivity contribution is 0.0543. The highest BCUT2D eigenvalue weighted by molar-refractivity contribution is 5.92. The molecule has 0 atom stereocenters. The molecule has 0 aliphatic heterocycles. The van der Waals surface area contributed by atoms with Crippen molar-refractivity contribution in [3.63, 3.8) is 0 Å². The van der Waals surface area contributed by atoms with Gasteiger partial charge in [-0.25, -0.2) is 9.36 Å². The lowest BCUT2D eigenvalue weighted by Crippen LogP contribution is -2.30. The molecule has 2 aliphatic rings. The third kappa shape index (κ3) is 5.64. The molecule has 0 N–H and O–H groups in total. The molecular formula is C51H47N3O2. The number of benzene rings is 6. The van der Waals surface area contributed by atoms with E-state index in [4.69, 9.17) is 4.74 Å². The van der Waals surface area contributed by atoms with Crippen molar-refractivity contribution in [2.24, 2.45) is 0 Å². The second kappa shape index (κ2) is 12.9. The molecule has 5 nitrogen and oxygen atoms in total. The standard InChI is InChI=1S/C51H47N3O2/c1-49(2,3)56-48(55)54-46(52(34-18-10-8-11-19-34)36-26-28-40-38-22-14-16-24-42(38)50(4,5)44(40)32-36)30-31-47(54)53(35-20-12-9-13-21-35)37-27-29-41-39-23-15-17-25-43(39)51(6,7)45(41)33-37/h8-33H,1-7H3. The summed E-state index contributed by atoms with van der Waals surface area (Å²) in [6.45, 7) is 14.9. The molecule has 278 valence electrons. The van der Waals surface area contributed by atoms with Crippen LogP contribution in [0.1, 0.15) is 70.7 Å². The molecule has 6 aromatic carbocycles. The highest BCUT2D eigenvalue weighted by atomic mass is 16.6. The Hall–Kier alpha value is -6.33. The predicted molar refractivity (Wildman–Crippen MR) is 231 cm³/mol. The van der Waals surface area contributed by atoms with E-state index >= 15 is 0 Å². The molecule has 5 heteroatoms. The summed E-state index contributed by atoms with van der Waals surface area (Å²) in [4.78, 5) is 19.2. The van der Waals surface area contributed by atoms with Crippen LogP contribution in [0.15, 0.2) is 158 Å². The van der Waals surface area contributed by atoms with E-state index in [1.54, 1.807) is 4.57 Å². The van der Waals surface area contributed by atoms with Gasteiger partial charge in [0, 0.05) is 33.6 Å². The quantitative estimate of drug-likeness (QED) is 0.171. The van der Waals surface area contributed by atoms with Crippen LogP contribution in [0.25, 0.3) is 22.3 Å². The van der Waals surface area contributed by atoms with Gasteiger partial charge in [-0.2, -0.15) is 0 Å². The van der Waals surface area contributed by atoms with Gasteiger partial charge in [0.15, 0.2) is 0 Å². The summed E-state index contributed by atoms with van der Waals surface area (Å²) in [7, 11) is 0. The molecule has 0 saturated carbocycles. The fraction of sp³-hybridized carbons (Fsp3) is 0.196. The normalized spacial score (nSPS) is 14.3. The van der Waals surface area contributed by atoms with Crippen LogP contribution in [0.3, 0.4) is 0 Å². The first-order valence-electron chi connectivity index (χ1n) is 19.5. The summed E-state index contributed by atoms with van der Waals surface area (Å²) in [6.07, 6.45) is -0.461. The maximum atomic E-state index is 14.9. The van der Waals surface area contributed by atoms with Gasteiger partial charge in [0.1, 0.15) is 17.2 Å². The van der Waals surface area contributed by atoms with Crippen LogP contribution in [0.2, 0.25) is 0 Å². The summed E-state index contributed by atoms with van der Waals surface area (Å²) in [6, 6.07) is 55.4. The summed E-state index contributed by atoms with van der Waals surface area (Å²) < 4.78 is 8.02. The van der Waals surface area contributed by atoms with E-state index in [2.05, 4.69) is 147 Å². The topological polar surface area (TPSA) is 37.7 Å². The Kier molecular flexibility index (Phi) is 8.14.